The maximum atomic E-state index is 13.5. The monoisotopic (exact) mass is 588 g/mol. The maximum Gasteiger partial charge on any atom is 0.411 e. The normalized spacial score (nSPS) is 11.6. The van der Waals surface area contributed by atoms with Crippen molar-refractivity contribution in [2.45, 2.75) is 25.3 Å². The van der Waals surface area contributed by atoms with Crippen molar-refractivity contribution >= 4 is 52.0 Å². The Kier molecular flexibility index (Phi) is 8.68. The van der Waals surface area contributed by atoms with Crippen LogP contribution in [0.3, 0.4) is 0 Å². The van der Waals surface area contributed by atoms with Crippen LogP contribution in [0.15, 0.2) is 77.6 Å². The average molecular weight is 589 g/mol. The van der Waals surface area contributed by atoms with Gasteiger partial charge < -0.3 is 19.9 Å². The maximum absolute atomic E-state index is 13.5. The van der Waals surface area contributed by atoms with Gasteiger partial charge in [-0.3, -0.25) is 14.9 Å². The summed E-state index contributed by atoms with van der Waals surface area (Å²) >= 11 is 6.21. The third-order valence-electron chi connectivity index (χ3n) is 6.34. The Labute approximate surface area is 244 Å². The molecule has 0 aliphatic rings. The molecule has 0 unspecified atom stereocenters. The molecule has 0 aliphatic carbocycles. The van der Waals surface area contributed by atoms with Crippen LogP contribution in [-0.2, 0) is 27.2 Å². The van der Waals surface area contributed by atoms with Crippen LogP contribution in [0.1, 0.15) is 17.5 Å². The molecule has 0 spiro atoms. The highest BCUT2D eigenvalue weighted by Gasteiger charge is 2.24. The lowest BCUT2D eigenvalue weighted by atomic mass is 10.0. The lowest BCUT2D eigenvalue weighted by Crippen LogP contribution is -2.45. The first-order valence-electron chi connectivity index (χ1n) is 12.8. The zero-order chi connectivity index (χ0) is 29.5. The van der Waals surface area contributed by atoms with Gasteiger partial charge in [-0.2, -0.15) is 0 Å². The number of tetrazole rings is 1. The molecule has 0 aliphatic heterocycles. The van der Waals surface area contributed by atoms with Crippen molar-refractivity contribution in [2.75, 3.05) is 17.7 Å². The van der Waals surface area contributed by atoms with Gasteiger partial charge in [-0.05, 0) is 64.4 Å². The second-order valence-corrected chi connectivity index (χ2v) is 9.62. The molecule has 0 radical (unpaired) electrons. The van der Waals surface area contributed by atoms with Gasteiger partial charge in [0.25, 0.3) is 0 Å². The van der Waals surface area contributed by atoms with Crippen molar-refractivity contribution in [3.8, 4) is 5.69 Å². The molecule has 3 N–H and O–H groups in total. The standard InChI is InChI=1S/C28H25ClN8O5/c1-41-28(40)31-20-9-11-24-21(15-20)26(34-42-24)33-27(39)22(13-17-5-3-2-4-6-17)32-25(38)12-7-18-14-19(29)8-10-23(18)37-16-30-35-36-37/h2-6,8-11,14-16,22H,7,12-13H2,1H3,(H,31,40)(H,32,38)(H,33,34,39)/t22-/m0/s1. The lowest BCUT2D eigenvalue weighted by Gasteiger charge is -2.18. The van der Waals surface area contributed by atoms with Crippen LogP contribution in [0, 0.1) is 0 Å². The van der Waals surface area contributed by atoms with Crippen molar-refractivity contribution in [3.63, 3.8) is 0 Å². The van der Waals surface area contributed by atoms with Crippen LogP contribution < -0.4 is 16.0 Å². The number of carbonyl (C=O) groups excluding carboxylic acids is 3. The molecule has 0 fully saturated rings. The second-order valence-electron chi connectivity index (χ2n) is 9.19. The number of aryl methyl sites for hydroxylation is 1. The van der Waals surface area contributed by atoms with Gasteiger partial charge >= 0.3 is 6.09 Å². The number of anilines is 2. The fraction of sp³-hybridized carbons (Fsp3) is 0.179. The number of hydrogen-bond acceptors (Lipinski definition) is 9. The third kappa shape index (κ3) is 6.88. The predicted octanol–water partition coefficient (Wildman–Crippen LogP) is 3.93. The number of halogens is 1. The minimum atomic E-state index is -0.929. The summed E-state index contributed by atoms with van der Waals surface area (Å²) < 4.78 is 11.5. The molecule has 1 atom stereocenters. The smallest absolute Gasteiger partial charge is 0.411 e. The van der Waals surface area contributed by atoms with Gasteiger partial charge in [-0.1, -0.05) is 47.1 Å². The molecular formula is C28H25ClN8O5. The van der Waals surface area contributed by atoms with E-state index in [4.69, 9.17) is 16.1 Å². The van der Waals surface area contributed by atoms with Crippen LogP contribution in [0.25, 0.3) is 16.7 Å². The van der Waals surface area contributed by atoms with E-state index < -0.39 is 18.0 Å². The number of methoxy groups -OCH3 is 1. The SMILES string of the molecule is COC(=O)Nc1ccc2onc(NC(=O)[C@H](Cc3ccccc3)NC(=O)CCc3cc(Cl)ccc3-n3cnnn3)c2c1. The number of ether oxygens (including phenoxy) is 1. The number of rotatable bonds is 10. The summed E-state index contributed by atoms with van der Waals surface area (Å²) in [5.41, 5.74) is 3.12. The van der Waals surface area contributed by atoms with Gasteiger partial charge in [-0.25, -0.2) is 9.48 Å². The molecule has 2 aromatic heterocycles. The van der Waals surface area contributed by atoms with Gasteiger partial charge in [0.2, 0.25) is 11.8 Å². The summed E-state index contributed by atoms with van der Waals surface area (Å²) in [6, 6.07) is 18.4. The molecule has 42 heavy (non-hydrogen) atoms. The molecule has 214 valence electrons. The number of nitrogens with one attached hydrogen (secondary N) is 3. The Balaban J connectivity index is 1.32. The fourth-order valence-corrected chi connectivity index (χ4v) is 4.50. The van der Waals surface area contributed by atoms with Crippen molar-refractivity contribution in [1.82, 2.24) is 30.7 Å². The van der Waals surface area contributed by atoms with E-state index in [0.29, 0.717) is 33.8 Å². The van der Waals surface area contributed by atoms with Gasteiger partial charge in [0.1, 0.15) is 12.4 Å². The number of carbonyl (C=O) groups is 3. The first-order chi connectivity index (χ1) is 20.4. The van der Waals surface area contributed by atoms with Crippen molar-refractivity contribution in [2.24, 2.45) is 0 Å². The molecule has 5 rings (SSSR count). The quantitative estimate of drug-likeness (QED) is 0.219. The molecule has 13 nitrogen and oxygen atoms in total. The Morgan fingerprint density at radius 3 is 2.64 bits per heavy atom. The Morgan fingerprint density at radius 2 is 1.88 bits per heavy atom. The van der Waals surface area contributed by atoms with Gasteiger partial charge in [0.15, 0.2) is 11.4 Å². The topological polar surface area (TPSA) is 166 Å². The minimum absolute atomic E-state index is 0.0729. The van der Waals surface area contributed by atoms with E-state index in [9.17, 15) is 14.4 Å². The summed E-state index contributed by atoms with van der Waals surface area (Å²) in [4.78, 5) is 38.3. The summed E-state index contributed by atoms with van der Waals surface area (Å²) in [6.45, 7) is 0. The summed E-state index contributed by atoms with van der Waals surface area (Å²) in [5, 5.41) is 24.3. The summed E-state index contributed by atoms with van der Waals surface area (Å²) in [6.07, 6.45) is 1.44. The molecule has 0 saturated carbocycles. The molecule has 14 heteroatoms. The highest BCUT2D eigenvalue weighted by Crippen LogP contribution is 2.26. The molecule has 2 heterocycles. The van der Waals surface area contributed by atoms with Crippen molar-refractivity contribution in [3.05, 3.63) is 89.2 Å². The van der Waals surface area contributed by atoms with Crippen LogP contribution >= 0.6 is 11.6 Å². The first-order valence-corrected chi connectivity index (χ1v) is 13.2. The molecule has 3 amide bonds. The van der Waals surface area contributed by atoms with E-state index >= 15 is 0 Å². The Morgan fingerprint density at radius 1 is 1.05 bits per heavy atom. The molecule has 0 bridgehead atoms. The minimum Gasteiger partial charge on any atom is -0.453 e. The zero-order valence-electron chi connectivity index (χ0n) is 22.3. The van der Waals surface area contributed by atoms with Crippen molar-refractivity contribution in [1.29, 1.82) is 0 Å². The zero-order valence-corrected chi connectivity index (χ0v) is 23.0. The highest BCUT2D eigenvalue weighted by molar-refractivity contribution is 6.30. The first kappa shape index (κ1) is 28.2. The summed E-state index contributed by atoms with van der Waals surface area (Å²) in [5.74, 6) is -0.699. The van der Waals surface area contributed by atoms with Crippen LogP contribution in [0.5, 0.6) is 0 Å². The lowest BCUT2D eigenvalue weighted by molar-refractivity contribution is -0.126. The average Bonchev–Trinajstić information content (AvgIpc) is 3.67. The van der Waals surface area contributed by atoms with E-state index in [0.717, 1.165) is 11.1 Å². The fourth-order valence-electron chi connectivity index (χ4n) is 4.30. The largest absolute Gasteiger partial charge is 0.453 e. The number of benzene rings is 3. The number of nitrogens with zero attached hydrogens (tertiary/aromatic N) is 5. The Bertz CT molecular complexity index is 1710. The van der Waals surface area contributed by atoms with Gasteiger partial charge in [0.05, 0.1) is 18.2 Å². The summed E-state index contributed by atoms with van der Waals surface area (Å²) in [7, 11) is 1.25. The third-order valence-corrected chi connectivity index (χ3v) is 6.57. The second kappa shape index (κ2) is 12.9. The number of aromatic nitrogens is 5. The Hall–Kier alpha value is -5.30. The van der Waals surface area contributed by atoms with E-state index in [2.05, 4.69) is 41.4 Å². The van der Waals surface area contributed by atoms with Crippen LogP contribution in [0.2, 0.25) is 5.02 Å². The van der Waals surface area contributed by atoms with Gasteiger partial charge in [-0.15, -0.1) is 5.10 Å². The van der Waals surface area contributed by atoms with Gasteiger partial charge in [0, 0.05) is 23.6 Å². The van der Waals surface area contributed by atoms with Crippen LogP contribution in [-0.4, -0.2) is 56.4 Å². The van der Waals surface area contributed by atoms with E-state index in [1.165, 1.54) is 18.1 Å². The molecular weight excluding hydrogens is 564 g/mol. The van der Waals surface area contributed by atoms with E-state index in [-0.39, 0.29) is 24.6 Å². The molecule has 3 aromatic carbocycles. The number of fused-ring (bicyclic) bond motifs is 1. The van der Waals surface area contributed by atoms with Crippen molar-refractivity contribution < 1.29 is 23.6 Å². The predicted molar refractivity (Wildman–Crippen MR) is 153 cm³/mol. The number of hydrogen-bond donors (Lipinski definition) is 3. The highest BCUT2D eigenvalue weighted by atomic mass is 35.5. The van der Waals surface area contributed by atoms with E-state index in [1.54, 1.807) is 36.4 Å². The van der Waals surface area contributed by atoms with E-state index in [1.807, 2.05) is 30.3 Å². The molecule has 0 saturated heterocycles. The number of amides is 3. The molecule has 5 aromatic rings. The van der Waals surface area contributed by atoms with Crippen LogP contribution in [0.4, 0.5) is 16.3 Å².